The molecule has 1 N–H and O–H groups in total. The van der Waals surface area contributed by atoms with Gasteiger partial charge in [-0.1, -0.05) is 26.5 Å². The van der Waals surface area contributed by atoms with E-state index in [-0.39, 0.29) is 5.91 Å². The van der Waals surface area contributed by atoms with E-state index < -0.39 is 0 Å². The lowest BCUT2D eigenvalue weighted by molar-refractivity contribution is -0.688. The topological polar surface area (TPSA) is 33.0 Å². The first-order valence-electron chi connectivity index (χ1n) is 5.05. The normalized spacial score (nSPS) is 10.1. The lowest BCUT2D eigenvalue weighted by Crippen LogP contribution is -2.39. The smallest absolute Gasteiger partial charge is 0.242 e. The minimum atomic E-state index is -0.182. The summed E-state index contributed by atoms with van der Waals surface area (Å²) >= 11 is 0. The van der Waals surface area contributed by atoms with E-state index in [1.165, 1.54) is 6.08 Å². The van der Waals surface area contributed by atoms with Gasteiger partial charge in [0, 0.05) is 12.1 Å². The van der Waals surface area contributed by atoms with Gasteiger partial charge in [0.2, 0.25) is 0 Å². The van der Waals surface area contributed by atoms with Crippen LogP contribution in [-0.2, 0) is 11.3 Å². The molecule has 0 unspecified atom stereocenters. The Morgan fingerprint density at radius 3 is 2.93 bits per heavy atom. The standard InChI is InChI=1S/C12H16N2O/c1-4-12(15)13-11-7-5-6-8-14(11)9-10(2)3/h4-8,10H,1,9H2,2-3H3/p+1. The molecule has 0 radical (unpaired) electrons. The van der Waals surface area contributed by atoms with Crippen LogP contribution in [0.15, 0.2) is 37.1 Å². The molecule has 3 nitrogen and oxygen atoms in total. The van der Waals surface area contributed by atoms with Gasteiger partial charge in [-0.3, -0.25) is 0 Å². The summed E-state index contributed by atoms with van der Waals surface area (Å²) in [6.07, 6.45) is 3.23. The predicted molar refractivity (Wildman–Crippen MR) is 60.3 cm³/mol. The Kier molecular flexibility index (Phi) is 4.03. The average Bonchev–Trinajstić information content (AvgIpc) is 2.20. The summed E-state index contributed by atoms with van der Waals surface area (Å²) in [5.41, 5.74) is 0. The molecule has 1 heterocycles. The maximum Gasteiger partial charge on any atom is 0.331 e. The van der Waals surface area contributed by atoms with Crippen molar-refractivity contribution in [1.29, 1.82) is 0 Å². The fourth-order valence-corrected chi connectivity index (χ4v) is 1.32. The second kappa shape index (κ2) is 5.29. The molecule has 0 saturated carbocycles. The Hall–Kier alpha value is -1.64. The third-order valence-corrected chi connectivity index (χ3v) is 1.94. The molecule has 0 fully saturated rings. The summed E-state index contributed by atoms with van der Waals surface area (Å²) in [7, 11) is 0. The number of pyridine rings is 1. The third-order valence-electron chi connectivity index (χ3n) is 1.94. The van der Waals surface area contributed by atoms with Crippen molar-refractivity contribution in [3.8, 4) is 0 Å². The van der Waals surface area contributed by atoms with Crippen LogP contribution in [0.3, 0.4) is 0 Å². The Labute approximate surface area is 90.4 Å². The van der Waals surface area contributed by atoms with Gasteiger partial charge in [-0.2, -0.15) is 0 Å². The molecule has 1 aromatic heterocycles. The van der Waals surface area contributed by atoms with Gasteiger partial charge in [-0.15, -0.1) is 0 Å². The van der Waals surface area contributed by atoms with E-state index in [0.29, 0.717) is 5.92 Å². The molecule has 15 heavy (non-hydrogen) atoms. The molecule has 0 aliphatic heterocycles. The van der Waals surface area contributed by atoms with E-state index in [4.69, 9.17) is 0 Å². The maximum atomic E-state index is 11.2. The van der Waals surface area contributed by atoms with Crippen molar-refractivity contribution in [2.75, 3.05) is 5.32 Å². The van der Waals surface area contributed by atoms with Crippen LogP contribution in [0.4, 0.5) is 5.82 Å². The number of carbonyl (C=O) groups excluding carboxylic acids is 1. The van der Waals surface area contributed by atoms with Crippen molar-refractivity contribution in [3.63, 3.8) is 0 Å². The molecule has 0 saturated heterocycles. The molecular weight excluding hydrogens is 188 g/mol. The highest BCUT2D eigenvalue weighted by Crippen LogP contribution is 2.01. The van der Waals surface area contributed by atoms with Crippen LogP contribution < -0.4 is 9.88 Å². The van der Waals surface area contributed by atoms with Crippen molar-refractivity contribution in [1.82, 2.24) is 0 Å². The van der Waals surface area contributed by atoms with Crippen molar-refractivity contribution in [3.05, 3.63) is 37.1 Å². The number of aromatic nitrogens is 1. The summed E-state index contributed by atoms with van der Waals surface area (Å²) in [5.74, 6) is 1.16. The van der Waals surface area contributed by atoms with Crippen molar-refractivity contribution >= 4 is 11.7 Å². The minimum Gasteiger partial charge on any atom is -0.242 e. The lowest BCUT2D eigenvalue weighted by atomic mass is 10.2. The molecule has 0 spiro atoms. The second-order valence-corrected chi connectivity index (χ2v) is 3.83. The molecule has 0 bridgehead atoms. The molecular formula is C12H17N2O+. The van der Waals surface area contributed by atoms with Gasteiger partial charge in [0.1, 0.15) is 0 Å². The molecule has 0 aliphatic carbocycles. The van der Waals surface area contributed by atoms with E-state index >= 15 is 0 Å². The van der Waals surface area contributed by atoms with Crippen molar-refractivity contribution < 1.29 is 9.36 Å². The Morgan fingerprint density at radius 1 is 1.60 bits per heavy atom. The molecule has 3 heteroatoms. The molecule has 0 aromatic carbocycles. The highest BCUT2D eigenvalue weighted by atomic mass is 16.1. The van der Waals surface area contributed by atoms with Crippen LogP contribution in [0.1, 0.15) is 13.8 Å². The SMILES string of the molecule is C=CC(=O)Nc1cccc[n+]1CC(C)C. The molecule has 0 atom stereocenters. The van der Waals surface area contributed by atoms with Gasteiger partial charge in [0.25, 0.3) is 5.82 Å². The zero-order chi connectivity index (χ0) is 11.3. The van der Waals surface area contributed by atoms with E-state index in [1.807, 2.05) is 29.0 Å². The summed E-state index contributed by atoms with van der Waals surface area (Å²) in [5, 5.41) is 2.77. The summed E-state index contributed by atoms with van der Waals surface area (Å²) in [4.78, 5) is 11.2. The van der Waals surface area contributed by atoms with E-state index in [9.17, 15) is 4.79 Å². The van der Waals surface area contributed by atoms with Gasteiger partial charge in [-0.25, -0.2) is 14.7 Å². The van der Waals surface area contributed by atoms with Gasteiger partial charge < -0.3 is 0 Å². The van der Waals surface area contributed by atoms with Crippen LogP contribution >= 0.6 is 0 Å². The van der Waals surface area contributed by atoms with Gasteiger partial charge in [-0.05, 0) is 12.0 Å². The first kappa shape index (κ1) is 11.4. The molecule has 0 aliphatic rings. The van der Waals surface area contributed by atoms with E-state index in [2.05, 4.69) is 25.7 Å². The zero-order valence-electron chi connectivity index (χ0n) is 9.23. The number of carbonyl (C=O) groups is 1. The minimum absolute atomic E-state index is 0.182. The van der Waals surface area contributed by atoms with Gasteiger partial charge >= 0.3 is 5.91 Å². The predicted octanol–water partition coefficient (Wildman–Crippen LogP) is 1.75. The number of hydrogen-bond acceptors (Lipinski definition) is 1. The Balaban J connectivity index is 2.85. The molecule has 1 amide bonds. The fourth-order valence-electron chi connectivity index (χ4n) is 1.32. The third kappa shape index (κ3) is 3.54. The van der Waals surface area contributed by atoms with Crippen LogP contribution in [0.5, 0.6) is 0 Å². The quantitative estimate of drug-likeness (QED) is 0.589. The van der Waals surface area contributed by atoms with Crippen molar-refractivity contribution in [2.45, 2.75) is 20.4 Å². The van der Waals surface area contributed by atoms with Crippen molar-refractivity contribution in [2.24, 2.45) is 5.92 Å². The first-order chi connectivity index (χ1) is 7.13. The zero-order valence-corrected chi connectivity index (χ0v) is 9.23. The van der Waals surface area contributed by atoms with E-state index in [1.54, 1.807) is 0 Å². The van der Waals surface area contributed by atoms with Crippen LogP contribution in [-0.4, -0.2) is 5.91 Å². The first-order valence-corrected chi connectivity index (χ1v) is 5.05. The highest BCUT2D eigenvalue weighted by molar-refractivity contribution is 5.97. The molecule has 1 aromatic rings. The number of amides is 1. The number of hydrogen-bond donors (Lipinski definition) is 1. The number of rotatable bonds is 4. The maximum absolute atomic E-state index is 11.2. The summed E-state index contributed by atoms with van der Waals surface area (Å²) in [6.45, 7) is 8.58. The Bertz CT molecular complexity index is 358. The largest absolute Gasteiger partial charge is 0.331 e. The molecule has 1 rings (SSSR count). The van der Waals surface area contributed by atoms with Gasteiger partial charge in [0.05, 0.1) is 12.7 Å². The Morgan fingerprint density at radius 2 is 2.33 bits per heavy atom. The number of nitrogens with one attached hydrogen (secondary N) is 1. The molecule has 80 valence electrons. The lowest BCUT2D eigenvalue weighted by Gasteiger charge is -2.07. The summed E-state index contributed by atoms with van der Waals surface area (Å²) < 4.78 is 2.02. The summed E-state index contributed by atoms with van der Waals surface area (Å²) in [6, 6.07) is 5.73. The second-order valence-electron chi connectivity index (χ2n) is 3.83. The van der Waals surface area contributed by atoms with Crippen LogP contribution in [0.2, 0.25) is 0 Å². The van der Waals surface area contributed by atoms with Crippen LogP contribution in [0, 0.1) is 5.92 Å². The highest BCUT2D eigenvalue weighted by Gasteiger charge is 2.11. The number of anilines is 1. The van der Waals surface area contributed by atoms with Crippen LogP contribution in [0.25, 0.3) is 0 Å². The number of nitrogens with zero attached hydrogens (tertiary/aromatic N) is 1. The van der Waals surface area contributed by atoms with E-state index in [0.717, 1.165) is 12.4 Å². The van der Waals surface area contributed by atoms with Gasteiger partial charge in [0.15, 0.2) is 0 Å². The average molecular weight is 205 g/mol. The monoisotopic (exact) mass is 205 g/mol. The fraction of sp³-hybridized carbons (Fsp3) is 0.333.